The molecule has 1 amide bonds. The van der Waals surface area contributed by atoms with E-state index in [0.29, 0.717) is 33.3 Å². The van der Waals surface area contributed by atoms with E-state index < -0.39 is 6.10 Å². The lowest BCUT2D eigenvalue weighted by molar-refractivity contribution is 0.0945. The first-order chi connectivity index (χ1) is 10.1. The van der Waals surface area contributed by atoms with Gasteiger partial charge in [-0.05, 0) is 35.7 Å². The Bertz CT molecular complexity index is 695. The van der Waals surface area contributed by atoms with E-state index >= 15 is 0 Å². The molecule has 2 aromatic rings. The summed E-state index contributed by atoms with van der Waals surface area (Å²) in [6.07, 6.45) is -0.171. The number of benzene rings is 2. The summed E-state index contributed by atoms with van der Waals surface area (Å²) in [6, 6.07) is 10.5. The fraction of sp³-hybridized carbons (Fsp3) is 0.188. The molecular formula is C16H13Cl2NO2. The monoisotopic (exact) mass is 321 g/mol. The van der Waals surface area contributed by atoms with Crippen LogP contribution < -0.4 is 5.32 Å². The summed E-state index contributed by atoms with van der Waals surface area (Å²) in [5.41, 5.74) is 2.64. The molecule has 1 unspecified atom stereocenters. The molecule has 0 radical (unpaired) electrons. The number of hydrogen-bond donors (Lipinski definition) is 2. The van der Waals surface area contributed by atoms with Crippen LogP contribution in [0.4, 0.5) is 0 Å². The van der Waals surface area contributed by atoms with Gasteiger partial charge in [-0.15, -0.1) is 0 Å². The number of nitrogens with one attached hydrogen (secondary N) is 1. The van der Waals surface area contributed by atoms with Crippen LogP contribution in [-0.4, -0.2) is 17.6 Å². The molecule has 108 valence electrons. The van der Waals surface area contributed by atoms with Crippen LogP contribution in [0.1, 0.15) is 33.2 Å². The zero-order valence-electron chi connectivity index (χ0n) is 11.1. The summed E-state index contributed by atoms with van der Waals surface area (Å²) in [5, 5.41) is 14.1. The van der Waals surface area contributed by atoms with Crippen molar-refractivity contribution in [2.45, 2.75) is 12.5 Å². The molecule has 0 bridgehead atoms. The Balaban J connectivity index is 2.05. The van der Waals surface area contributed by atoms with Crippen molar-refractivity contribution in [3.8, 4) is 0 Å². The van der Waals surface area contributed by atoms with Gasteiger partial charge in [0.2, 0.25) is 0 Å². The van der Waals surface area contributed by atoms with Gasteiger partial charge in [0.05, 0.1) is 0 Å². The molecular weight excluding hydrogens is 309 g/mol. The highest BCUT2D eigenvalue weighted by molar-refractivity contribution is 6.36. The van der Waals surface area contributed by atoms with Crippen LogP contribution >= 0.6 is 23.2 Å². The number of carbonyl (C=O) groups excluding carboxylic acids is 1. The van der Waals surface area contributed by atoms with Crippen LogP contribution in [0.5, 0.6) is 0 Å². The van der Waals surface area contributed by atoms with Gasteiger partial charge in [-0.1, -0.05) is 41.4 Å². The Hall–Kier alpha value is -1.55. The zero-order chi connectivity index (χ0) is 15.0. The lowest BCUT2D eigenvalue weighted by Gasteiger charge is -2.20. The highest BCUT2D eigenvalue weighted by Crippen LogP contribution is 2.34. The third kappa shape index (κ3) is 2.64. The van der Waals surface area contributed by atoms with Crippen molar-refractivity contribution in [3.63, 3.8) is 0 Å². The number of halogens is 2. The molecule has 0 fully saturated rings. The zero-order valence-corrected chi connectivity index (χ0v) is 12.6. The third-order valence-electron chi connectivity index (χ3n) is 3.65. The summed E-state index contributed by atoms with van der Waals surface area (Å²) in [5.74, 6) is -0.115. The molecule has 5 heteroatoms. The lowest BCUT2D eigenvalue weighted by Crippen LogP contribution is -2.31. The largest absolute Gasteiger partial charge is 0.384 e. The molecule has 1 aliphatic rings. The number of hydrogen-bond acceptors (Lipinski definition) is 2. The van der Waals surface area contributed by atoms with Crippen LogP contribution in [0.2, 0.25) is 10.0 Å². The normalized spacial score (nSPS) is 15.3. The van der Waals surface area contributed by atoms with Gasteiger partial charge in [-0.25, -0.2) is 0 Å². The van der Waals surface area contributed by atoms with E-state index in [2.05, 4.69) is 5.32 Å². The van der Waals surface area contributed by atoms with Crippen molar-refractivity contribution in [2.75, 3.05) is 6.54 Å². The van der Waals surface area contributed by atoms with Crippen LogP contribution in [0.3, 0.4) is 0 Å². The van der Waals surface area contributed by atoms with Crippen molar-refractivity contribution in [1.82, 2.24) is 5.32 Å². The van der Waals surface area contributed by atoms with E-state index in [1.807, 2.05) is 12.1 Å². The summed E-state index contributed by atoms with van der Waals surface area (Å²) >= 11 is 12.2. The lowest BCUT2D eigenvalue weighted by atomic mass is 9.94. The number of aliphatic hydroxyl groups excluding tert-OH is 1. The minimum atomic E-state index is -0.966. The predicted molar refractivity (Wildman–Crippen MR) is 83.0 cm³/mol. The number of fused-ring (bicyclic) bond motifs is 1. The summed E-state index contributed by atoms with van der Waals surface area (Å²) in [6.45, 7) is 0.643. The Labute approximate surface area is 132 Å². The maximum atomic E-state index is 11.9. The standard InChI is InChI=1S/C16H13Cl2NO2/c17-12-2-1-3-13(18)14(12)15(20)10-5-4-9-6-7-19-16(21)11(9)8-10/h1-5,8,15,20H,6-7H2,(H,19,21). The fourth-order valence-corrected chi connectivity index (χ4v) is 3.14. The Morgan fingerprint density at radius 3 is 2.57 bits per heavy atom. The fourth-order valence-electron chi connectivity index (χ4n) is 2.54. The molecule has 0 saturated carbocycles. The van der Waals surface area contributed by atoms with E-state index in [-0.39, 0.29) is 5.91 Å². The van der Waals surface area contributed by atoms with Crippen molar-refractivity contribution in [1.29, 1.82) is 0 Å². The van der Waals surface area contributed by atoms with Crippen LogP contribution in [0, 0.1) is 0 Å². The maximum absolute atomic E-state index is 11.9. The second-order valence-electron chi connectivity index (χ2n) is 4.96. The average molecular weight is 322 g/mol. The first kappa shape index (κ1) is 14.4. The molecule has 1 aliphatic heterocycles. The molecule has 3 nitrogen and oxygen atoms in total. The average Bonchev–Trinajstić information content (AvgIpc) is 2.47. The maximum Gasteiger partial charge on any atom is 0.251 e. The molecule has 1 atom stereocenters. The summed E-state index contributed by atoms with van der Waals surface area (Å²) in [4.78, 5) is 11.9. The highest BCUT2D eigenvalue weighted by atomic mass is 35.5. The topological polar surface area (TPSA) is 49.3 Å². The van der Waals surface area contributed by atoms with E-state index in [1.54, 1.807) is 24.3 Å². The number of aliphatic hydroxyl groups is 1. The minimum Gasteiger partial charge on any atom is -0.384 e. The minimum absolute atomic E-state index is 0.115. The number of amides is 1. The molecule has 0 saturated heterocycles. The van der Waals surface area contributed by atoms with Gasteiger partial charge in [0.1, 0.15) is 6.10 Å². The smallest absolute Gasteiger partial charge is 0.251 e. The van der Waals surface area contributed by atoms with Gasteiger partial charge in [0.15, 0.2) is 0 Å². The Kier molecular flexibility index (Phi) is 3.89. The Morgan fingerprint density at radius 1 is 1.14 bits per heavy atom. The van der Waals surface area contributed by atoms with E-state index in [1.165, 1.54) is 0 Å². The van der Waals surface area contributed by atoms with Crippen LogP contribution in [0.15, 0.2) is 36.4 Å². The summed E-state index contributed by atoms with van der Waals surface area (Å²) in [7, 11) is 0. The van der Waals surface area contributed by atoms with Crippen LogP contribution in [-0.2, 0) is 6.42 Å². The van der Waals surface area contributed by atoms with Crippen molar-refractivity contribution < 1.29 is 9.90 Å². The number of rotatable bonds is 2. The molecule has 21 heavy (non-hydrogen) atoms. The predicted octanol–water partition coefficient (Wildman–Crippen LogP) is 3.36. The first-order valence-corrected chi connectivity index (χ1v) is 7.36. The highest BCUT2D eigenvalue weighted by Gasteiger charge is 2.21. The van der Waals surface area contributed by atoms with Gasteiger partial charge in [-0.2, -0.15) is 0 Å². The first-order valence-electron chi connectivity index (χ1n) is 6.61. The molecule has 3 rings (SSSR count). The molecule has 0 aromatic heterocycles. The van der Waals surface area contributed by atoms with Gasteiger partial charge >= 0.3 is 0 Å². The third-order valence-corrected chi connectivity index (χ3v) is 4.31. The molecule has 2 N–H and O–H groups in total. The Morgan fingerprint density at radius 2 is 1.86 bits per heavy atom. The SMILES string of the molecule is O=C1NCCc2ccc(C(O)c3c(Cl)cccc3Cl)cc21. The molecule has 2 aromatic carbocycles. The van der Waals surface area contributed by atoms with E-state index in [9.17, 15) is 9.90 Å². The van der Waals surface area contributed by atoms with Crippen molar-refractivity contribution in [2.24, 2.45) is 0 Å². The molecule has 1 heterocycles. The van der Waals surface area contributed by atoms with Crippen LogP contribution in [0.25, 0.3) is 0 Å². The van der Waals surface area contributed by atoms with Crippen molar-refractivity contribution in [3.05, 3.63) is 68.7 Å². The van der Waals surface area contributed by atoms with Gasteiger partial charge < -0.3 is 10.4 Å². The quantitative estimate of drug-likeness (QED) is 0.891. The molecule has 0 spiro atoms. The van der Waals surface area contributed by atoms with Gasteiger partial charge in [-0.3, -0.25) is 4.79 Å². The second-order valence-corrected chi connectivity index (χ2v) is 5.77. The van der Waals surface area contributed by atoms with E-state index in [0.717, 1.165) is 12.0 Å². The van der Waals surface area contributed by atoms with Gasteiger partial charge in [0.25, 0.3) is 5.91 Å². The van der Waals surface area contributed by atoms with E-state index in [4.69, 9.17) is 23.2 Å². The van der Waals surface area contributed by atoms with Crippen molar-refractivity contribution >= 4 is 29.1 Å². The second kappa shape index (κ2) is 5.68. The number of carbonyl (C=O) groups is 1. The van der Waals surface area contributed by atoms with Gasteiger partial charge in [0, 0.05) is 27.7 Å². The summed E-state index contributed by atoms with van der Waals surface area (Å²) < 4.78 is 0. The molecule has 0 aliphatic carbocycles.